The number of hydrogen-bond acceptors (Lipinski definition) is 9. The Morgan fingerprint density at radius 2 is 1.92 bits per heavy atom. The van der Waals surface area contributed by atoms with E-state index in [9.17, 15) is 23.9 Å². The number of nitrogens with one attached hydrogen (secondary N) is 1. The monoisotopic (exact) mass is 733 g/mol. The average Bonchev–Trinajstić information content (AvgIpc) is 3.73. The summed E-state index contributed by atoms with van der Waals surface area (Å²) >= 11 is 12.6. The summed E-state index contributed by atoms with van der Waals surface area (Å²) in [5.41, 5.74) is 6.11. The van der Waals surface area contributed by atoms with Crippen LogP contribution in [-0.2, 0) is 35.0 Å². The standard InChI is InChI=1S/C36H42Cl2FN3O8/c1-18-8-7-9-28(47-6)36(46)16-27(48-31(44)17-36)20(3)33-35(4,50-33)29(49-34(45)41-25-13-22(37)23(39)14-24(25)40)15-30(43)42(5)26-12-21(10-18)11-19(2)32(26)38/h7-9,11-14,20,27-29,33,46H,10,15-17,40H2,1-6H3,(H,41,45)/b9-7+,18-8+/t20-,27+,28-,29+,33+,35+,36-/m1/s1. The van der Waals surface area contributed by atoms with Crippen LogP contribution in [0.3, 0.4) is 0 Å². The predicted molar refractivity (Wildman–Crippen MR) is 188 cm³/mol. The first-order chi connectivity index (χ1) is 23.4. The number of fused-ring (bicyclic) bond motifs is 5. The maximum absolute atomic E-state index is 14.0. The van der Waals surface area contributed by atoms with Crippen molar-refractivity contribution in [2.45, 2.75) is 89.0 Å². The minimum atomic E-state index is -1.58. The van der Waals surface area contributed by atoms with Gasteiger partial charge in [-0.05, 0) is 50.5 Å². The van der Waals surface area contributed by atoms with Crippen molar-refractivity contribution in [3.63, 3.8) is 0 Å². The van der Waals surface area contributed by atoms with E-state index in [-0.39, 0.29) is 35.7 Å². The molecule has 0 aromatic heterocycles. The maximum atomic E-state index is 14.0. The van der Waals surface area contributed by atoms with Crippen LogP contribution in [0.25, 0.3) is 0 Å². The van der Waals surface area contributed by atoms with E-state index in [0.717, 1.165) is 28.8 Å². The van der Waals surface area contributed by atoms with E-state index < -0.39 is 65.3 Å². The molecule has 11 nitrogen and oxygen atoms in total. The first-order valence-corrected chi connectivity index (χ1v) is 17.0. The van der Waals surface area contributed by atoms with Crippen molar-refractivity contribution in [1.82, 2.24) is 0 Å². The largest absolute Gasteiger partial charge is 0.462 e. The van der Waals surface area contributed by atoms with Crippen molar-refractivity contribution < 1.29 is 42.8 Å². The number of nitrogen functional groups attached to an aromatic ring is 1. The highest BCUT2D eigenvalue weighted by atomic mass is 35.5. The molecule has 3 aliphatic rings. The zero-order chi connectivity index (χ0) is 36.7. The number of rotatable bonds is 3. The fourth-order valence-electron chi connectivity index (χ4n) is 6.83. The van der Waals surface area contributed by atoms with Crippen LogP contribution in [0.15, 0.2) is 48.1 Å². The molecule has 3 aliphatic heterocycles. The van der Waals surface area contributed by atoms with Crippen LogP contribution >= 0.6 is 23.2 Å². The van der Waals surface area contributed by atoms with Crippen LogP contribution in [0.2, 0.25) is 10.0 Å². The fourth-order valence-corrected chi connectivity index (χ4v) is 7.23. The van der Waals surface area contributed by atoms with Crippen LogP contribution in [0.4, 0.5) is 26.2 Å². The predicted octanol–water partition coefficient (Wildman–Crippen LogP) is 6.30. The topological polar surface area (TPSA) is 153 Å². The smallest absolute Gasteiger partial charge is 0.412 e. The van der Waals surface area contributed by atoms with E-state index in [1.165, 1.54) is 12.0 Å². The number of amides is 2. The zero-order valence-corrected chi connectivity index (χ0v) is 30.2. The Morgan fingerprint density at radius 3 is 2.62 bits per heavy atom. The van der Waals surface area contributed by atoms with Gasteiger partial charge < -0.3 is 34.7 Å². The number of ether oxygens (including phenoxy) is 4. The number of nitrogens with two attached hydrogens (primary N) is 1. The van der Waals surface area contributed by atoms with E-state index >= 15 is 0 Å². The van der Waals surface area contributed by atoms with Crippen molar-refractivity contribution in [2.75, 3.05) is 30.1 Å². The van der Waals surface area contributed by atoms with Gasteiger partial charge >= 0.3 is 12.1 Å². The van der Waals surface area contributed by atoms with Crippen LogP contribution in [0.1, 0.15) is 51.2 Å². The number of benzene rings is 2. The Balaban J connectivity index is 1.53. The summed E-state index contributed by atoms with van der Waals surface area (Å²) < 4.78 is 37.4. The van der Waals surface area contributed by atoms with Gasteiger partial charge in [0.25, 0.3) is 0 Å². The van der Waals surface area contributed by atoms with Crippen LogP contribution < -0.4 is 16.0 Å². The van der Waals surface area contributed by atoms with Crippen molar-refractivity contribution >= 4 is 58.2 Å². The van der Waals surface area contributed by atoms with Gasteiger partial charge in [-0.15, -0.1) is 0 Å². The molecule has 4 bridgehead atoms. The third-order valence-corrected chi connectivity index (χ3v) is 10.6. The molecular weight excluding hydrogens is 692 g/mol. The number of hydrogen-bond donors (Lipinski definition) is 3. The molecule has 50 heavy (non-hydrogen) atoms. The number of nitrogens with zero attached hydrogens (tertiary/aromatic N) is 1. The molecule has 0 aliphatic carbocycles. The zero-order valence-electron chi connectivity index (χ0n) is 28.7. The number of aryl methyl sites for hydroxylation is 1. The molecular formula is C36H42Cl2FN3O8. The van der Waals surface area contributed by atoms with Crippen molar-refractivity contribution in [1.29, 1.82) is 0 Å². The second-order valence-electron chi connectivity index (χ2n) is 13.6. The number of methoxy groups -OCH3 is 1. The molecule has 5 rings (SSSR count). The van der Waals surface area contributed by atoms with E-state index in [1.807, 2.05) is 32.1 Å². The molecule has 3 heterocycles. The number of allylic oxidation sites excluding steroid dienone is 3. The highest BCUT2D eigenvalue weighted by Gasteiger charge is 2.64. The highest BCUT2D eigenvalue weighted by molar-refractivity contribution is 6.34. The van der Waals surface area contributed by atoms with Gasteiger partial charge in [0.2, 0.25) is 5.91 Å². The van der Waals surface area contributed by atoms with Crippen molar-refractivity contribution in [2.24, 2.45) is 5.92 Å². The van der Waals surface area contributed by atoms with Gasteiger partial charge in [0.15, 0.2) is 0 Å². The number of epoxide rings is 1. The third kappa shape index (κ3) is 7.79. The molecule has 0 saturated carbocycles. The summed E-state index contributed by atoms with van der Waals surface area (Å²) in [7, 11) is 3.05. The lowest BCUT2D eigenvalue weighted by molar-refractivity contribution is -0.187. The van der Waals surface area contributed by atoms with Crippen molar-refractivity contribution in [3.05, 3.63) is 75.1 Å². The van der Waals surface area contributed by atoms with Gasteiger partial charge in [0.05, 0.1) is 46.1 Å². The Bertz CT molecular complexity index is 1750. The Morgan fingerprint density at radius 1 is 1.20 bits per heavy atom. The first kappa shape index (κ1) is 37.6. The van der Waals surface area contributed by atoms with E-state index in [1.54, 1.807) is 33.0 Å². The van der Waals surface area contributed by atoms with Gasteiger partial charge in [-0.1, -0.05) is 60.0 Å². The van der Waals surface area contributed by atoms with Crippen molar-refractivity contribution in [3.8, 4) is 0 Å². The normalized spacial score (nSPS) is 31.9. The summed E-state index contributed by atoms with van der Waals surface area (Å²) in [6, 6.07) is 5.88. The van der Waals surface area contributed by atoms with Gasteiger partial charge in [0.1, 0.15) is 35.3 Å². The molecule has 0 spiro atoms. The Hall–Kier alpha value is -3.68. The quantitative estimate of drug-likeness (QED) is 0.188. The molecule has 14 heteroatoms. The minimum Gasteiger partial charge on any atom is -0.462 e. The second kappa shape index (κ2) is 14.5. The molecule has 0 unspecified atom stereocenters. The maximum Gasteiger partial charge on any atom is 0.412 e. The molecule has 270 valence electrons. The second-order valence-corrected chi connectivity index (χ2v) is 14.4. The number of anilines is 3. The number of esters is 1. The summed E-state index contributed by atoms with van der Waals surface area (Å²) in [5.74, 6) is -2.30. The first-order valence-electron chi connectivity index (χ1n) is 16.2. The SMILES string of the molecule is CO[C@@H]1/C=C/C=C(\C)Cc2cc(C)c(Cl)c(c2)N(C)C(=O)C[C@H](OC(=O)Nc2cc(Cl)c(F)cc2N)[C@]2(C)O[C@H]2[C@H](C)[C@@H]2C[C@@]1(O)CC(=O)O2. The summed E-state index contributed by atoms with van der Waals surface area (Å²) in [6.45, 7) is 7.29. The molecule has 4 N–H and O–H groups in total. The molecule has 2 aromatic carbocycles. The molecule has 2 aromatic rings. The lowest BCUT2D eigenvalue weighted by atomic mass is 9.78. The average molecular weight is 735 g/mol. The summed E-state index contributed by atoms with van der Waals surface area (Å²) in [6.07, 6.45) is 0.908. The molecule has 7 atom stereocenters. The highest BCUT2D eigenvalue weighted by Crippen LogP contribution is 2.49. The number of carbonyl (C=O) groups excluding carboxylic acids is 3. The third-order valence-electron chi connectivity index (χ3n) is 9.78. The van der Waals surface area contributed by atoms with E-state index in [2.05, 4.69) is 5.32 Å². The summed E-state index contributed by atoms with van der Waals surface area (Å²) in [5, 5.41) is 14.4. The lowest BCUT2D eigenvalue weighted by Crippen LogP contribution is -2.53. The van der Waals surface area contributed by atoms with Gasteiger partial charge in [-0.2, -0.15) is 0 Å². The lowest BCUT2D eigenvalue weighted by Gasteiger charge is -2.41. The van der Waals surface area contributed by atoms with E-state index in [4.69, 9.17) is 47.9 Å². The van der Waals surface area contributed by atoms with E-state index in [0.29, 0.717) is 17.1 Å². The molecule has 0 radical (unpaired) electrons. The van der Waals surface area contributed by atoms with Gasteiger partial charge in [-0.3, -0.25) is 14.9 Å². The summed E-state index contributed by atoms with van der Waals surface area (Å²) in [4.78, 5) is 41.6. The number of aliphatic hydroxyl groups is 1. The van der Waals surface area contributed by atoms with Crippen LogP contribution in [-0.4, -0.2) is 72.9 Å². The minimum absolute atomic E-state index is 0.00584. The molecule has 2 fully saturated rings. The Kier molecular flexibility index (Phi) is 10.9. The Labute approximate surface area is 300 Å². The van der Waals surface area contributed by atoms with Crippen LogP contribution in [0, 0.1) is 18.7 Å². The number of carbonyl (C=O) groups is 3. The van der Waals surface area contributed by atoms with Crippen LogP contribution in [0.5, 0.6) is 0 Å². The molecule has 2 amide bonds. The van der Waals surface area contributed by atoms with Gasteiger partial charge in [0, 0.05) is 32.6 Å². The number of halogens is 3. The fraction of sp³-hybridized carbons (Fsp3) is 0.472. The van der Waals surface area contributed by atoms with Gasteiger partial charge in [-0.25, -0.2) is 9.18 Å². The molecule has 2 saturated heterocycles.